The van der Waals surface area contributed by atoms with E-state index in [2.05, 4.69) is 6.58 Å². The van der Waals surface area contributed by atoms with Crippen molar-refractivity contribution in [1.82, 2.24) is 0 Å². The highest BCUT2D eigenvalue weighted by Gasteiger charge is 2.53. The monoisotopic (exact) mass is 272 g/mol. The molecular weight excluding hydrogens is 252 g/mol. The molecule has 4 bridgehead atoms. The van der Waals surface area contributed by atoms with Crippen molar-refractivity contribution in [2.24, 2.45) is 23.7 Å². The molecule has 2 N–H and O–H groups in total. The zero-order valence-electron chi connectivity index (χ0n) is 10.4. The van der Waals surface area contributed by atoms with Crippen LogP contribution < -0.4 is 0 Å². The molecule has 0 aromatic carbocycles. The summed E-state index contributed by atoms with van der Waals surface area (Å²) in [5, 5.41) is 10.8. The summed E-state index contributed by atoms with van der Waals surface area (Å²) in [6.45, 7) is 3.54. The van der Waals surface area contributed by atoms with Gasteiger partial charge in [-0.1, -0.05) is 6.58 Å². The molecule has 4 nitrogen and oxygen atoms in total. The van der Waals surface area contributed by atoms with E-state index < -0.39 is 21.6 Å². The first-order valence-corrected chi connectivity index (χ1v) is 8.10. The second kappa shape index (κ2) is 3.81. The van der Waals surface area contributed by atoms with Gasteiger partial charge in [-0.05, 0) is 56.3 Å². The van der Waals surface area contributed by atoms with Crippen molar-refractivity contribution >= 4 is 10.1 Å². The Labute approximate surface area is 108 Å². The van der Waals surface area contributed by atoms with E-state index in [4.69, 9.17) is 0 Å². The van der Waals surface area contributed by atoms with Crippen LogP contribution >= 0.6 is 0 Å². The van der Waals surface area contributed by atoms with Crippen LogP contribution in [0.25, 0.3) is 0 Å². The highest BCUT2D eigenvalue weighted by molar-refractivity contribution is 7.89. The molecule has 0 saturated heterocycles. The molecule has 102 valence electrons. The molecule has 18 heavy (non-hydrogen) atoms. The van der Waals surface area contributed by atoms with Crippen molar-refractivity contribution in [3.05, 3.63) is 11.5 Å². The van der Waals surface area contributed by atoms with Gasteiger partial charge in [0.1, 0.15) is 0 Å². The van der Waals surface area contributed by atoms with Crippen molar-refractivity contribution in [3.63, 3.8) is 0 Å². The van der Waals surface area contributed by atoms with E-state index in [0.717, 1.165) is 12.8 Å². The van der Waals surface area contributed by atoms with Crippen molar-refractivity contribution < 1.29 is 18.1 Å². The predicted octanol–water partition coefficient (Wildman–Crippen LogP) is 1.97. The van der Waals surface area contributed by atoms with Crippen LogP contribution in [0.15, 0.2) is 11.5 Å². The second-order valence-electron chi connectivity index (χ2n) is 6.55. The van der Waals surface area contributed by atoms with Crippen LogP contribution in [0.5, 0.6) is 0 Å². The fourth-order valence-corrected chi connectivity index (χ4v) is 5.44. The smallest absolute Gasteiger partial charge is 0.290 e. The third-order valence-corrected chi connectivity index (χ3v) is 6.17. The second-order valence-corrected chi connectivity index (χ2v) is 8.02. The van der Waals surface area contributed by atoms with Crippen LogP contribution in [0.2, 0.25) is 0 Å². The van der Waals surface area contributed by atoms with Crippen LogP contribution in [0.1, 0.15) is 38.5 Å². The molecule has 3 atom stereocenters. The van der Waals surface area contributed by atoms with E-state index in [1.807, 2.05) is 0 Å². The summed E-state index contributed by atoms with van der Waals surface area (Å²) < 4.78 is 31.8. The molecule has 0 amide bonds. The molecule has 0 heterocycles. The average molecular weight is 272 g/mol. The minimum absolute atomic E-state index is 0.182. The van der Waals surface area contributed by atoms with Crippen LogP contribution in [0, 0.1) is 23.7 Å². The average Bonchev–Trinajstić information content (AvgIpc) is 2.36. The molecule has 4 aliphatic rings. The summed E-state index contributed by atoms with van der Waals surface area (Å²) in [6.07, 6.45) is 5.34. The van der Waals surface area contributed by atoms with Crippen molar-refractivity contribution in [2.75, 3.05) is 0 Å². The molecule has 0 aliphatic heterocycles. The van der Waals surface area contributed by atoms with Gasteiger partial charge >= 0.3 is 0 Å². The Bertz CT molecular complexity index is 467. The Morgan fingerprint density at radius 3 is 2.06 bits per heavy atom. The highest BCUT2D eigenvalue weighted by Crippen LogP contribution is 2.56. The third kappa shape index (κ3) is 1.92. The van der Waals surface area contributed by atoms with Gasteiger partial charge in [-0.15, -0.1) is 0 Å². The maximum absolute atomic E-state index is 11.3. The maximum atomic E-state index is 11.3. The molecule has 0 aromatic heterocycles. The van der Waals surface area contributed by atoms with Gasteiger partial charge in [-0.25, -0.2) is 0 Å². The third-order valence-electron chi connectivity index (χ3n) is 5.22. The lowest BCUT2D eigenvalue weighted by Gasteiger charge is -2.44. The van der Waals surface area contributed by atoms with E-state index in [1.54, 1.807) is 0 Å². The minimum atomic E-state index is -4.25. The summed E-state index contributed by atoms with van der Waals surface area (Å²) in [4.78, 5) is -0.182. The summed E-state index contributed by atoms with van der Waals surface area (Å²) in [6, 6.07) is 0. The minimum Gasteiger partial charge on any atom is -0.389 e. The van der Waals surface area contributed by atoms with E-state index in [-0.39, 0.29) is 4.91 Å². The topological polar surface area (TPSA) is 74.6 Å². The standard InChI is InChI=1S/C13H20O4S/c1-8(18(15,16)17)12-5-9-2-10-4-11(3-9)7-13(12,14)6-10/h9-12,14H,1-7H2,(H,15,16,17). The zero-order chi connectivity index (χ0) is 13.1. The SMILES string of the molecule is C=C(C1CC2CC3CC(C2)CC1(O)C3)S(=O)(=O)O. The van der Waals surface area contributed by atoms with Gasteiger partial charge in [0, 0.05) is 5.92 Å². The Balaban J connectivity index is 1.98. The van der Waals surface area contributed by atoms with Gasteiger partial charge in [0.15, 0.2) is 0 Å². The molecule has 4 fully saturated rings. The maximum Gasteiger partial charge on any atom is 0.290 e. The molecule has 0 spiro atoms. The summed E-state index contributed by atoms with van der Waals surface area (Å²) in [7, 11) is -4.25. The number of rotatable bonds is 2. The van der Waals surface area contributed by atoms with Crippen LogP contribution in [-0.4, -0.2) is 23.7 Å². The number of aliphatic hydroxyl groups is 1. The lowest BCUT2D eigenvalue weighted by Crippen LogP contribution is -2.45. The van der Waals surface area contributed by atoms with Crippen LogP contribution in [0.4, 0.5) is 0 Å². The van der Waals surface area contributed by atoms with Crippen LogP contribution in [0.3, 0.4) is 0 Å². The summed E-state index contributed by atoms with van der Waals surface area (Å²) in [5.74, 6) is 1.03. The first kappa shape index (κ1) is 12.6. The quantitative estimate of drug-likeness (QED) is 0.754. The Hall–Kier alpha value is -0.390. The summed E-state index contributed by atoms with van der Waals surface area (Å²) >= 11 is 0. The molecule has 3 unspecified atom stereocenters. The molecule has 0 aromatic rings. The summed E-state index contributed by atoms with van der Waals surface area (Å²) in [5.41, 5.74) is -0.967. The predicted molar refractivity (Wildman–Crippen MR) is 67.3 cm³/mol. The van der Waals surface area contributed by atoms with Crippen molar-refractivity contribution in [3.8, 4) is 0 Å². The zero-order valence-corrected chi connectivity index (χ0v) is 11.2. The Morgan fingerprint density at radius 1 is 1.06 bits per heavy atom. The largest absolute Gasteiger partial charge is 0.389 e. The Kier molecular flexibility index (Phi) is 2.67. The lowest BCUT2D eigenvalue weighted by molar-refractivity contribution is -0.0631. The van der Waals surface area contributed by atoms with Crippen LogP contribution in [-0.2, 0) is 10.1 Å². The first-order chi connectivity index (χ1) is 8.28. The van der Waals surface area contributed by atoms with Gasteiger partial charge in [0.2, 0.25) is 0 Å². The normalized spacial score (nSPS) is 47.0. The highest BCUT2D eigenvalue weighted by atomic mass is 32.2. The molecule has 5 heteroatoms. The van der Waals surface area contributed by atoms with E-state index >= 15 is 0 Å². The molecule has 0 radical (unpaired) electrons. The van der Waals surface area contributed by atoms with Gasteiger partial charge in [0.25, 0.3) is 10.1 Å². The number of hydrogen-bond acceptors (Lipinski definition) is 3. The van der Waals surface area contributed by atoms with Gasteiger partial charge < -0.3 is 5.11 Å². The van der Waals surface area contributed by atoms with Crippen molar-refractivity contribution in [1.29, 1.82) is 0 Å². The molecular formula is C13H20O4S. The van der Waals surface area contributed by atoms with Gasteiger partial charge in [0.05, 0.1) is 10.5 Å². The molecule has 4 saturated carbocycles. The molecule has 4 aliphatic carbocycles. The number of hydrogen-bond donors (Lipinski definition) is 2. The number of fused-ring (bicyclic) bond motifs is 1. The fourth-order valence-electron chi connectivity index (χ4n) is 4.76. The van der Waals surface area contributed by atoms with Gasteiger partial charge in [-0.2, -0.15) is 8.42 Å². The lowest BCUT2D eigenvalue weighted by atomic mass is 9.65. The van der Waals surface area contributed by atoms with E-state index in [9.17, 15) is 18.1 Å². The van der Waals surface area contributed by atoms with Gasteiger partial charge in [-0.3, -0.25) is 4.55 Å². The Morgan fingerprint density at radius 2 is 1.56 bits per heavy atom. The molecule has 4 rings (SSSR count). The van der Waals surface area contributed by atoms with E-state index in [0.29, 0.717) is 37.0 Å². The van der Waals surface area contributed by atoms with E-state index in [1.165, 1.54) is 6.42 Å². The van der Waals surface area contributed by atoms with Crippen molar-refractivity contribution in [2.45, 2.75) is 44.1 Å². The fraction of sp³-hybridized carbons (Fsp3) is 0.846. The first-order valence-electron chi connectivity index (χ1n) is 6.66.